The third-order valence-electron chi connectivity index (χ3n) is 4.10. The van der Waals surface area contributed by atoms with Gasteiger partial charge in [-0.25, -0.2) is 0 Å². The number of hydrogen-bond acceptors (Lipinski definition) is 5. The summed E-state index contributed by atoms with van der Waals surface area (Å²) in [6.07, 6.45) is 3.48. The minimum Gasteiger partial charge on any atom is -0.298 e. The number of aryl methyl sites for hydroxylation is 1. The van der Waals surface area contributed by atoms with Crippen molar-refractivity contribution in [2.45, 2.75) is 32.9 Å². The van der Waals surface area contributed by atoms with Gasteiger partial charge in [-0.2, -0.15) is 0 Å². The van der Waals surface area contributed by atoms with Crippen molar-refractivity contribution in [1.29, 1.82) is 0 Å². The van der Waals surface area contributed by atoms with E-state index in [9.17, 15) is 4.79 Å². The summed E-state index contributed by atoms with van der Waals surface area (Å²) in [5, 5.41) is 9.48. The lowest BCUT2D eigenvalue weighted by Gasteiger charge is -2.16. The SMILES string of the molecule is Cc1ccccc1-n1c(SCC(=O)C(C)(C)C)nnc1-c1ccncc1. The van der Waals surface area contributed by atoms with Gasteiger partial charge in [0.15, 0.2) is 11.0 Å². The predicted octanol–water partition coefficient (Wildman–Crippen LogP) is 4.35. The fraction of sp³-hybridized carbons (Fsp3) is 0.300. The van der Waals surface area contributed by atoms with Crippen LogP contribution >= 0.6 is 11.8 Å². The molecule has 3 rings (SSSR count). The Morgan fingerprint density at radius 2 is 1.77 bits per heavy atom. The molecule has 134 valence electrons. The van der Waals surface area contributed by atoms with E-state index in [0.717, 1.165) is 22.6 Å². The van der Waals surface area contributed by atoms with Crippen LogP contribution in [0.3, 0.4) is 0 Å². The van der Waals surface area contributed by atoms with Gasteiger partial charge in [0.05, 0.1) is 11.4 Å². The molecule has 2 aromatic heterocycles. The van der Waals surface area contributed by atoms with Gasteiger partial charge in [-0.15, -0.1) is 10.2 Å². The first-order valence-electron chi connectivity index (χ1n) is 8.46. The Morgan fingerprint density at radius 1 is 1.08 bits per heavy atom. The molecule has 1 aromatic carbocycles. The van der Waals surface area contributed by atoms with Gasteiger partial charge in [0.1, 0.15) is 5.78 Å². The summed E-state index contributed by atoms with van der Waals surface area (Å²) in [5.74, 6) is 1.30. The number of rotatable bonds is 5. The van der Waals surface area contributed by atoms with Crippen LogP contribution in [0.5, 0.6) is 0 Å². The van der Waals surface area contributed by atoms with Crippen molar-refractivity contribution >= 4 is 17.5 Å². The molecule has 0 unspecified atom stereocenters. The molecule has 0 aliphatic rings. The molecule has 6 heteroatoms. The number of hydrogen-bond donors (Lipinski definition) is 0. The molecular formula is C20H22N4OS. The number of ketones is 1. The highest BCUT2D eigenvalue weighted by atomic mass is 32.2. The number of para-hydroxylation sites is 1. The highest BCUT2D eigenvalue weighted by molar-refractivity contribution is 7.99. The van der Waals surface area contributed by atoms with Crippen molar-refractivity contribution < 1.29 is 4.79 Å². The lowest BCUT2D eigenvalue weighted by molar-refractivity contribution is -0.123. The van der Waals surface area contributed by atoms with E-state index in [2.05, 4.69) is 28.2 Å². The van der Waals surface area contributed by atoms with Crippen LogP contribution in [0.4, 0.5) is 0 Å². The van der Waals surface area contributed by atoms with Gasteiger partial charge < -0.3 is 0 Å². The van der Waals surface area contributed by atoms with Crippen LogP contribution in [-0.2, 0) is 4.79 Å². The Kier molecular flexibility index (Phi) is 5.23. The highest BCUT2D eigenvalue weighted by Gasteiger charge is 2.23. The normalized spacial score (nSPS) is 11.5. The van der Waals surface area contributed by atoms with Crippen molar-refractivity contribution in [1.82, 2.24) is 19.7 Å². The zero-order chi connectivity index (χ0) is 18.7. The van der Waals surface area contributed by atoms with Crippen LogP contribution in [0, 0.1) is 12.3 Å². The molecule has 0 aliphatic carbocycles. The molecule has 26 heavy (non-hydrogen) atoms. The minimum atomic E-state index is -0.367. The molecule has 0 saturated heterocycles. The molecule has 0 bridgehead atoms. The van der Waals surface area contributed by atoms with E-state index in [-0.39, 0.29) is 11.2 Å². The first kappa shape index (κ1) is 18.3. The molecule has 2 heterocycles. The number of benzene rings is 1. The summed E-state index contributed by atoms with van der Waals surface area (Å²) in [4.78, 5) is 16.4. The molecule has 3 aromatic rings. The second-order valence-electron chi connectivity index (χ2n) is 7.13. The first-order chi connectivity index (χ1) is 12.4. The summed E-state index contributed by atoms with van der Waals surface area (Å²) in [7, 11) is 0. The van der Waals surface area contributed by atoms with E-state index in [4.69, 9.17) is 0 Å². The Hall–Kier alpha value is -2.47. The highest BCUT2D eigenvalue weighted by Crippen LogP contribution is 2.30. The molecule has 0 radical (unpaired) electrons. The number of thioether (sulfide) groups is 1. The Balaban J connectivity index is 2.04. The lowest BCUT2D eigenvalue weighted by atomic mass is 9.92. The molecule has 0 fully saturated rings. The number of carbonyl (C=O) groups is 1. The zero-order valence-electron chi connectivity index (χ0n) is 15.4. The van der Waals surface area contributed by atoms with Gasteiger partial charge in [0, 0.05) is 23.4 Å². The van der Waals surface area contributed by atoms with Crippen LogP contribution in [-0.4, -0.2) is 31.3 Å². The number of pyridine rings is 1. The minimum absolute atomic E-state index is 0.187. The van der Waals surface area contributed by atoms with E-state index in [1.54, 1.807) is 12.4 Å². The summed E-state index contributed by atoms with van der Waals surface area (Å²) in [6, 6.07) is 11.9. The third-order valence-corrected chi connectivity index (χ3v) is 5.03. The number of Topliss-reactive ketones (excluding diaryl/α,β-unsaturated/α-hetero) is 1. The monoisotopic (exact) mass is 366 g/mol. The van der Waals surface area contributed by atoms with Crippen molar-refractivity contribution in [3.63, 3.8) is 0 Å². The van der Waals surface area contributed by atoms with Crippen LogP contribution < -0.4 is 0 Å². The Morgan fingerprint density at radius 3 is 2.42 bits per heavy atom. The first-order valence-corrected chi connectivity index (χ1v) is 9.44. The van der Waals surface area contributed by atoms with Gasteiger partial charge in [-0.05, 0) is 30.7 Å². The standard InChI is InChI=1S/C20H22N4OS/c1-14-7-5-6-8-16(14)24-18(15-9-11-21-12-10-15)22-23-19(24)26-13-17(25)20(2,3)4/h5-12H,13H2,1-4H3. The molecule has 5 nitrogen and oxygen atoms in total. The van der Waals surface area contributed by atoms with Crippen molar-refractivity contribution in [2.75, 3.05) is 5.75 Å². The average molecular weight is 366 g/mol. The zero-order valence-corrected chi connectivity index (χ0v) is 16.2. The molecule has 0 aliphatic heterocycles. The van der Waals surface area contributed by atoms with Crippen molar-refractivity contribution in [3.8, 4) is 17.1 Å². The smallest absolute Gasteiger partial charge is 0.196 e. The maximum absolute atomic E-state index is 12.3. The van der Waals surface area contributed by atoms with Crippen LogP contribution in [0.15, 0.2) is 53.9 Å². The summed E-state index contributed by atoms with van der Waals surface area (Å²) in [6.45, 7) is 7.86. The van der Waals surface area contributed by atoms with Gasteiger partial charge in [0.2, 0.25) is 0 Å². The maximum atomic E-state index is 12.3. The van der Waals surface area contributed by atoms with Gasteiger partial charge in [-0.3, -0.25) is 14.3 Å². The predicted molar refractivity (Wildman–Crippen MR) is 105 cm³/mol. The molecule has 0 saturated carbocycles. The van der Waals surface area contributed by atoms with Crippen molar-refractivity contribution in [2.24, 2.45) is 5.41 Å². The summed E-state index contributed by atoms with van der Waals surface area (Å²) < 4.78 is 2.02. The van der Waals surface area contributed by atoms with Crippen molar-refractivity contribution in [3.05, 3.63) is 54.4 Å². The van der Waals surface area contributed by atoms with E-state index in [1.807, 2.05) is 55.7 Å². The largest absolute Gasteiger partial charge is 0.298 e. The summed E-state index contributed by atoms with van der Waals surface area (Å²) in [5.41, 5.74) is 2.69. The van der Waals surface area contributed by atoms with Crippen LogP contribution in [0.25, 0.3) is 17.1 Å². The molecule has 0 N–H and O–H groups in total. The Labute approximate surface area is 157 Å². The molecule has 0 amide bonds. The lowest BCUT2D eigenvalue weighted by Crippen LogP contribution is -2.22. The third kappa shape index (κ3) is 3.85. The average Bonchev–Trinajstić information content (AvgIpc) is 3.03. The number of aromatic nitrogens is 4. The number of nitrogens with zero attached hydrogens (tertiary/aromatic N) is 4. The number of carbonyl (C=O) groups excluding carboxylic acids is 1. The molecule has 0 spiro atoms. The van der Waals surface area contributed by atoms with Gasteiger partial charge in [-0.1, -0.05) is 50.7 Å². The topological polar surface area (TPSA) is 60.7 Å². The summed E-state index contributed by atoms with van der Waals surface area (Å²) >= 11 is 1.43. The van der Waals surface area contributed by atoms with Gasteiger partial charge >= 0.3 is 0 Å². The van der Waals surface area contributed by atoms with Crippen LogP contribution in [0.2, 0.25) is 0 Å². The second-order valence-corrected chi connectivity index (χ2v) is 8.07. The fourth-order valence-corrected chi connectivity index (χ4v) is 3.54. The quantitative estimate of drug-likeness (QED) is 0.629. The van der Waals surface area contributed by atoms with Gasteiger partial charge in [0.25, 0.3) is 0 Å². The van der Waals surface area contributed by atoms with E-state index >= 15 is 0 Å². The molecular weight excluding hydrogens is 344 g/mol. The van der Waals surface area contributed by atoms with E-state index in [1.165, 1.54) is 11.8 Å². The Bertz CT molecular complexity index is 913. The van der Waals surface area contributed by atoms with E-state index in [0.29, 0.717) is 10.9 Å². The van der Waals surface area contributed by atoms with Crippen LogP contribution in [0.1, 0.15) is 26.3 Å². The molecule has 0 atom stereocenters. The maximum Gasteiger partial charge on any atom is 0.196 e. The second kappa shape index (κ2) is 7.41. The fourth-order valence-electron chi connectivity index (χ4n) is 2.43. The van der Waals surface area contributed by atoms with E-state index < -0.39 is 0 Å².